The molecule has 9 heteroatoms. The molecule has 0 aliphatic rings. The lowest BCUT2D eigenvalue weighted by atomic mass is 10.2. The average molecular weight is 377 g/mol. The molecule has 0 fully saturated rings. The number of nitro groups is 1. The van der Waals surface area contributed by atoms with Crippen molar-refractivity contribution in [3.05, 3.63) is 57.6 Å². The molecule has 2 aromatic carbocycles. The van der Waals surface area contributed by atoms with Crippen LogP contribution >= 0.6 is 11.3 Å². The molecule has 0 aliphatic carbocycles. The van der Waals surface area contributed by atoms with Crippen LogP contribution in [0.15, 0.2) is 47.4 Å². The fourth-order valence-corrected chi connectivity index (χ4v) is 4.14. The zero-order valence-corrected chi connectivity index (χ0v) is 15.2. The number of sulfone groups is 1. The van der Waals surface area contributed by atoms with Crippen molar-refractivity contribution in [1.82, 2.24) is 4.98 Å². The summed E-state index contributed by atoms with van der Waals surface area (Å²) in [6.07, 6.45) is 1.02. The number of rotatable bonds is 5. The molecular formula is C16H15N3O4S2. The minimum absolute atomic E-state index is 0.0728. The van der Waals surface area contributed by atoms with E-state index in [2.05, 4.69) is 4.98 Å². The van der Waals surface area contributed by atoms with Crippen molar-refractivity contribution in [2.75, 3.05) is 18.2 Å². The van der Waals surface area contributed by atoms with E-state index >= 15 is 0 Å². The average Bonchev–Trinajstić information content (AvgIpc) is 2.95. The van der Waals surface area contributed by atoms with Crippen LogP contribution in [0.2, 0.25) is 0 Å². The van der Waals surface area contributed by atoms with Gasteiger partial charge in [0, 0.05) is 19.4 Å². The third kappa shape index (κ3) is 3.62. The summed E-state index contributed by atoms with van der Waals surface area (Å²) in [4.78, 5) is 16.9. The molecule has 0 unspecified atom stereocenters. The number of nitro benzene ring substituents is 1. The van der Waals surface area contributed by atoms with Gasteiger partial charge in [0.25, 0.3) is 5.69 Å². The smallest absolute Gasteiger partial charge is 0.293 e. The van der Waals surface area contributed by atoms with E-state index in [9.17, 15) is 18.5 Å². The van der Waals surface area contributed by atoms with Gasteiger partial charge in [0.05, 0.1) is 26.6 Å². The zero-order chi connectivity index (χ0) is 18.2. The maximum atomic E-state index is 11.6. The van der Waals surface area contributed by atoms with Crippen LogP contribution in [0.25, 0.3) is 10.2 Å². The van der Waals surface area contributed by atoms with Crippen LogP contribution < -0.4 is 4.90 Å². The molecule has 0 saturated heterocycles. The lowest BCUT2D eigenvalue weighted by molar-refractivity contribution is -0.384. The van der Waals surface area contributed by atoms with Gasteiger partial charge in [-0.2, -0.15) is 0 Å². The topological polar surface area (TPSA) is 93.4 Å². The van der Waals surface area contributed by atoms with Crippen LogP contribution in [-0.4, -0.2) is 31.6 Å². The molecule has 0 aliphatic heterocycles. The monoisotopic (exact) mass is 377 g/mol. The largest absolute Gasteiger partial charge is 0.362 e. The molecule has 3 rings (SSSR count). The first kappa shape index (κ1) is 17.3. The van der Waals surface area contributed by atoms with E-state index in [0.29, 0.717) is 12.2 Å². The Morgan fingerprint density at radius 2 is 1.96 bits per heavy atom. The molecule has 1 aromatic heterocycles. The SMILES string of the molecule is CN(Cc1nc2ccccc2s1)c1ccc(S(C)(=O)=O)cc1[N+](=O)[O-]. The molecule has 0 N–H and O–H groups in total. The van der Waals surface area contributed by atoms with Crippen LogP contribution in [0, 0.1) is 10.1 Å². The van der Waals surface area contributed by atoms with Gasteiger partial charge >= 0.3 is 0 Å². The van der Waals surface area contributed by atoms with Crippen molar-refractivity contribution in [3.63, 3.8) is 0 Å². The number of nitrogens with zero attached hydrogens (tertiary/aromatic N) is 3. The Balaban J connectivity index is 1.95. The Hall–Kier alpha value is -2.52. The zero-order valence-electron chi connectivity index (χ0n) is 13.5. The van der Waals surface area contributed by atoms with Gasteiger partial charge in [-0.3, -0.25) is 10.1 Å². The maximum Gasteiger partial charge on any atom is 0.293 e. The van der Waals surface area contributed by atoms with Crippen LogP contribution in [0.4, 0.5) is 11.4 Å². The Kier molecular flexibility index (Phi) is 4.44. The standard InChI is InChI=1S/C16H15N3O4S2/c1-18(10-16-17-12-5-3-4-6-15(12)24-16)13-8-7-11(25(2,22)23)9-14(13)19(20)21/h3-9H,10H2,1-2H3. The van der Waals surface area contributed by atoms with Crippen LogP contribution in [-0.2, 0) is 16.4 Å². The van der Waals surface area contributed by atoms with Gasteiger partial charge < -0.3 is 4.90 Å². The maximum absolute atomic E-state index is 11.6. The van der Waals surface area contributed by atoms with E-state index in [4.69, 9.17) is 0 Å². The number of thiazole rings is 1. The number of hydrogen-bond acceptors (Lipinski definition) is 7. The summed E-state index contributed by atoms with van der Waals surface area (Å²) in [5, 5.41) is 12.2. The lowest BCUT2D eigenvalue weighted by Gasteiger charge is -2.18. The Morgan fingerprint density at radius 1 is 1.24 bits per heavy atom. The second kappa shape index (κ2) is 6.41. The van der Waals surface area contributed by atoms with Gasteiger partial charge in [-0.1, -0.05) is 12.1 Å². The number of fused-ring (bicyclic) bond motifs is 1. The first-order valence-corrected chi connectivity index (χ1v) is 10.0. The molecule has 7 nitrogen and oxygen atoms in total. The normalized spacial score (nSPS) is 11.6. The van der Waals surface area contributed by atoms with Gasteiger partial charge in [0.2, 0.25) is 0 Å². The summed E-state index contributed by atoms with van der Waals surface area (Å²) in [5.74, 6) is 0. The Bertz CT molecular complexity index is 1030. The van der Waals surface area contributed by atoms with E-state index in [1.165, 1.54) is 23.5 Å². The number of aromatic nitrogens is 1. The summed E-state index contributed by atoms with van der Waals surface area (Å²) in [5.41, 5.74) is 0.987. The van der Waals surface area contributed by atoms with Crippen molar-refractivity contribution in [1.29, 1.82) is 0 Å². The highest BCUT2D eigenvalue weighted by molar-refractivity contribution is 7.90. The van der Waals surface area contributed by atoms with Crippen molar-refractivity contribution in [3.8, 4) is 0 Å². The molecule has 0 atom stereocenters. The highest BCUT2D eigenvalue weighted by Crippen LogP contribution is 2.32. The molecular weight excluding hydrogens is 362 g/mol. The quantitative estimate of drug-likeness (QED) is 0.500. The minimum atomic E-state index is -3.51. The van der Waals surface area contributed by atoms with Gasteiger partial charge in [0.15, 0.2) is 9.84 Å². The van der Waals surface area contributed by atoms with Crippen molar-refractivity contribution < 1.29 is 13.3 Å². The first-order chi connectivity index (χ1) is 11.8. The van der Waals surface area contributed by atoms with Crippen LogP contribution in [0.3, 0.4) is 0 Å². The molecule has 0 radical (unpaired) electrons. The molecule has 1 heterocycles. The van der Waals surface area contributed by atoms with Gasteiger partial charge in [0.1, 0.15) is 10.7 Å². The summed E-state index contributed by atoms with van der Waals surface area (Å²) >= 11 is 1.52. The second-order valence-corrected chi connectivity index (χ2v) is 8.74. The van der Waals surface area contributed by atoms with Crippen LogP contribution in [0.5, 0.6) is 0 Å². The molecule has 0 saturated carbocycles. The second-order valence-electron chi connectivity index (χ2n) is 5.61. The number of benzene rings is 2. The van der Waals surface area contributed by atoms with Crippen molar-refractivity contribution in [2.24, 2.45) is 0 Å². The van der Waals surface area contributed by atoms with Gasteiger partial charge in [-0.25, -0.2) is 13.4 Å². The van der Waals surface area contributed by atoms with E-state index < -0.39 is 14.8 Å². The molecule has 130 valence electrons. The van der Waals surface area contributed by atoms with Crippen molar-refractivity contribution in [2.45, 2.75) is 11.4 Å². The number of anilines is 1. The number of hydrogen-bond donors (Lipinski definition) is 0. The highest BCUT2D eigenvalue weighted by Gasteiger charge is 2.21. The molecule has 0 amide bonds. The molecule has 3 aromatic rings. The Labute approximate surface area is 148 Å². The van der Waals surface area contributed by atoms with E-state index in [1.54, 1.807) is 11.9 Å². The lowest BCUT2D eigenvalue weighted by Crippen LogP contribution is -2.18. The van der Waals surface area contributed by atoms with Gasteiger partial charge in [-0.05, 0) is 24.3 Å². The predicted octanol–water partition coefficient (Wildman–Crippen LogP) is 3.24. The van der Waals surface area contributed by atoms with Crippen molar-refractivity contribution >= 4 is 42.8 Å². The molecule has 0 spiro atoms. The Morgan fingerprint density at radius 3 is 2.60 bits per heavy atom. The summed E-state index contributed by atoms with van der Waals surface area (Å²) in [6, 6.07) is 11.7. The van der Waals surface area contributed by atoms with Gasteiger partial charge in [-0.15, -0.1) is 11.3 Å². The van der Waals surface area contributed by atoms with E-state index in [0.717, 1.165) is 27.5 Å². The predicted molar refractivity (Wildman–Crippen MR) is 97.9 cm³/mol. The third-order valence-electron chi connectivity index (χ3n) is 3.69. The molecule has 0 bridgehead atoms. The third-order valence-corrected chi connectivity index (χ3v) is 5.82. The summed E-state index contributed by atoms with van der Waals surface area (Å²) in [6.45, 7) is 0.387. The molecule has 25 heavy (non-hydrogen) atoms. The highest BCUT2D eigenvalue weighted by atomic mass is 32.2. The summed E-state index contributed by atoms with van der Waals surface area (Å²) in [7, 11) is -1.79. The fourth-order valence-electron chi connectivity index (χ4n) is 2.48. The van der Waals surface area contributed by atoms with E-state index in [1.807, 2.05) is 24.3 Å². The van der Waals surface area contributed by atoms with Crippen LogP contribution in [0.1, 0.15) is 5.01 Å². The van der Waals surface area contributed by atoms with E-state index in [-0.39, 0.29) is 10.6 Å². The summed E-state index contributed by atoms with van der Waals surface area (Å²) < 4.78 is 24.3. The fraction of sp³-hybridized carbons (Fsp3) is 0.188. The first-order valence-electron chi connectivity index (χ1n) is 7.30. The minimum Gasteiger partial charge on any atom is -0.362 e. The number of para-hydroxylation sites is 1.